The van der Waals surface area contributed by atoms with Crippen molar-refractivity contribution in [1.29, 1.82) is 5.26 Å². The molecular weight excluding hydrogens is 274 g/mol. The fourth-order valence-electron chi connectivity index (χ4n) is 2.73. The Kier molecular flexibility index (Phi) is 4.32. The lowest BCUT2D eigenvalue weighted by molar-refractivity contribution is -0.122. The van der Waals surface area contributed by atoms with Crippen LogP contribution in [0.4, 0.5) is 5.69 Å². The van der Waals surface area contributed by atoms with Crippen LogP contribution in [0.25, 0.3) is 0 Å². The number of hydrogen-bond donors (Lipinski definition) is 2. The van der Waals surface area contributed by atoms with Gasteiger partial charge in [-0.25, -0.2) is 0 Å². The summed E-state index contributed by atoms with van der Waals surface area (Å²) in [5.74, 6) is 0.256. The molecule has 0 heterocycles. The number of carbonyl (C=O) groups is 1. The average molecular weight is 292 g/mol. The Hall–Kier alpha value is -1.57. The highest BCUT2D eigenvalue weighted by Gasteiger charge is 2.38. The highest BCUT2D eigenvalue weighted by atomic mass is 35.5. The maximum atomic E-state index is 12.4. The Morgan fingerprint density at radius 1 is 1.60 bits per heavy atom. The lowest BCUT2D eigenvalue weighted by atomic mass is 9.76. The number of nitrogens with two attached hydrogens (primary N) is 1. The molecule has 2 rings (SSSR count). The predicted molar refractivity (Wildman–Crippen MR) is 79.3 cm³/mol. The molecule has 0 radical (unpaired) electrons. The van der Waals surface area contributed by atoms with E-state index in [1.54, 1.807) is 12.1 Å². The maximum absolute atomic E-state index is 12.4. The van der Waals surface area contributed by atoms with Crippen LogP contribution in [0.3, 0.4) is 0 Å². The number of hydrogen-bond acceptors (Lipinski definition) is 3. The molecule has 0 saturated heterocycles. The molecule has 1 aliphatic carbocycles. The van der Waals surface area contributed by atoms with Crippen molar-refractivity contribution in [2.75, 3.05) is 5.32 Å². The zero-order valence-corrected chi connectivity index (χ0v) is 12.2. The predicted octanol–water partition coefficient (Wildman–Crippen LogP) is 3.06. The minimum Gasteiger partial charge on any atom is -0.323 e. The van der Waals surface area contributed by atoms with Gasteiger partial charge in [0.15, 0.2) is 0 Å². The Balaban J connectivity index is 2.13. The van der Waals surface area contributed by atoms with Crippen molar-refractivity contribution in [3.63, 3.8) is 0 Å². The number of anilines is 1. The summed E-state index contributed by atoms with van der Waals surface area (Å²) in [6, 6.07) is 6.79. The average Bonchev–Trinajstić information content (AvgIpc) is 2.40. The quantitative estimate of drug-likeness (QED) is 0.879. The van der Waals surface area contributed by atoms with E-state index >= 15 is 0 Å². The summed E-state index contributed by atoms with van der Waals surface area (Å²) in [6.45, 7) is 2.11. The molecule has 1 fully saturated rings. The number of nitriles is 1. The number of carbonyl (C=O) groups excluding carboxylic acids is 1. The summed E-state index contributed by atoms with van der Waals surface area (Å²) in [5, 5.41) is 11.9. The number of benzene rings is 1. The van der Waals surface area contributed by atoms with Gasteiger partial charge in [0.25, 0.3) is 0 Å². The number of rotatable bonds is 2. The Bertz CT molecular complexity index is 567. The van der Waals surface area contributed by atoms with E-state index < -0.39 is 5.54 Å². The molecule has 1 aromatic rings. The van der Waals surface area contributed by atoms with E-state index in [0.717, 1.165) is 12.8 Å². The molecule has 1 saturated carbocycles. The fraction of sp³-hybridized carbons (Fsp3) is 0.467. The van der Waals surface area contributed by atoms with E-state index in [1.807, 2.05) is 6.07 Å². The third-order valence-electron chi connectivity index (χ3n) is 3.83. The summed E-state index contributed by atoms with van der Waals surface area (Å²) in [6.07, 6.45) is 3.46. The first kappa shape index (κ1) is 14.8. The third kappa shape index (κ3) is 3.12. The van der Waals surface area contributed by atoms with Gasteiger partial charge in [0.05, 0.1) is 27.9 Å². The van der Waals surface area contributed by atoms with Gasteiger partial charge in [-0.3, -0.25) is 4.79 Å². The molecule has 4 nitrogen and oxygen atoms in total. The minimum absolute atomic E-state index is 0.198. The fourth-order valence-corrected chi connectivity index (χ4v) is 2.96. The molecule has 1 aromatic carbocycles. The molecule has 0 aliphatic heterocycles. The summed E-state index contributed by atoms with van der Waals surface area (Å²) < 4.78 is 0. The van der Waals surface area contributed by atoms with E-state index in [2.05, 4.69) is 12.2 Å². The highest BCUT2D eigenvalue weighted by molar-refractivity contribution is 6.33. The molecule has 2 atom stereocenters. The van der Waals surface area contributed by atoms with Gasteiger partial charge in [-0.2, -0.15) is 5.26 Å². The van der Waals surface area contributed by atoms with Crippen LogP contribution >= 0.6 is 11.6 Å². The highest BCUT2D eigenvalue weighted by Crippen LogP contribution is 2.32. The van der Waals surface area contributed by atoms with Crippen molar-refractivity contribution in [2.45, 2.75) is 38.1 Å². The van der Waals surface area contributed by atoms with Gasteiger partial charge in [-0.15, -0.1) is 0 Å². The zero-order chi connectivity index (χ0) is 14.8. The van der Waals surface area contributed by atoms with Crippen LogP contribution in [0.2, 0.25) is 5.02 Å². The van der Waals surface area contributed by atoms with E-state index in [1.165, 1.54) is 6.07 Å². The van der Waals surface area contributed by atoms with E-state index in [9.17, 15) is 4.79 Å². The van der Waals surface area contributed by atoms with E-state index in [4.69, 9.17) is 22.6 Å². The molecule has 3 N–H and O–H groups in total. The summed E-state index contributed by atoms with van der Waals surface area (Å²) >= 11 is 6.06. The molecule has 20 heavy (non-hydrogen) atoms. The minimum atomic E-state index is -0.825. The van der Waals surface area contributed by atoms with Crippen molar-refractivity contribution in [3.8, 4) is 6.07 Å². The topological polar surface area (TPSA) is 78.9 Å². The first-order valence-electron chi connectivity index (χ1n) is 6.74. The van der Waals surface area contributed by atoms with Gasteiger partial charge in [-0.1, -0.05) is 31.4 Å². The SMILES string of the molecule is CC1CCCC(N)(C(=O)Nc2ccc(C#N)cc2Cl)C1. The standard InChI is InChI=1S/C15H18ClN3O/c1-10-3-2-6-15(18,8-10)14(20)19-13-5-4-11(9-17)7-12(13)16/h4-5,7,10H,2-3,6,8,18H2,1H3,(H,19,20). The van der Waals surface area contributed by atoms with Crippen LogP contribution in [0.15, 0.2) is 18.2 Å². The molecule has 0 spiro atoms. The van der Waals surface area contributed by atoms with Crippen molar-refractivity contribution in [2.24, 2.45) is 11.7 Å². The number of halogens is 1. The molecule has 0 bridgehead atoms. The maximum Gasteiger partial charge on any atom is 0.244 e. The largest absolute Gasteiger partial charge is 0.323 e. The third-order valence-corrected chi connectivity index (χ3v) is 4.14. The molecular formula is C15H18ClN3O. The number of nitrogens with zero attached hydrogens (tertiary/aromatic N) is 1. The second-order valence-electron chi connectivity index (χ2n) is 5.62. The van der Waals surface area contributed by atoms with Gasteiger partial charge < -0.3 is 11.1 Å². The number of nitrogens with one attached hydrogen (secondary N) is 1. The number of amides is 1. The first-order valence-corrected chi connectivity index (χ1v) is 7.12. The normalized spacial score (nSPS) is 25.8. The summed E-state index contributed by atoms with van der Waals surface area (Å²) in [5.41, 5.74) is 6.37. The monoisotopic (exact) mass is 291 g/mol. The second kappa shape index (κ2) is 5.82. The summed E-state index contributed by atoms with van der Waals surface area (Å²) in [7, 11) is 0. The molecule has 2 unspecified atom stereocenters. The van der Waals surface area contributed by atoms with Crippen molar-refractivity contribution in [1.82, 2.24) is 0 Å². The van der Waals surface area contributed by atoms with Gasteiger partial charge in [0.2, 0.25) is 5.91 Å². The molecule has 1 aliphatic rings. The first-order chi connectivity index (χ1) is 9.44. The van der Waals surface area contributed by atoms with Crippen LogP contribution < -0.4 is 11.1 Å². The van der Waals surface area contributed by atoms with Crippen molar-refractivity contribution in [3.05, 3.63) is 28.8 Å². The zero-order valence-electron chi connectivity index (χ0n) is 11.4. The van der Waals surface area contributed by atoms with Crippen LogP contribution in [-0.4, -0.2) is 11.4 Å². The Morgan fingerprint density at radius 2 is 2.35 bits per heavy atom. The Labute approximate surface area is 123 Å². The van der Waals surface area contributed by atoms with Crippen LogP contribution in [0.1, 0.15) is 38.2 Å². The lowest BCUT2D eigenvalue weighted by Gasteiger charge is -2.35. The lowest BCUT2D eigenvalue weighted by Crippen LogP contribution is -2.53. The van der Waals surface area contributed by atoms with Crippen LogP contribution in [-0.2, 0) is 4.79 Å². The van der Waals surface area contributed by atoms with Crippen LogP contribution in [0.5, 0.6) is 0 Å². The summed E-state index contributed by atoms with van der Waals surface area (Å²) in [4.78, 5) is 12.4. The molecule has 5 heteroatoms. The van der Waals surface area contributed by atoms with Crippen molar-refractivity contribution < 1.29 is 4.79 Å². The van der Waals surface area contributed by atoms with Gasteiger partial charge in [0.1, 0.15) is 0 Å². The van der Waals surface area contributed by atoms with E-state index in [-0.39, 0.29) is 5.91 Å². The Morgan fingerprint density at radius 3 is 2.95 bits per heavy atom. The van der Waals surface area contributed by atoms with Gasteiger partial charge in [0, 0.05) is 0 Å². The van der Waals surface area contributed by atoms with Gasteiger partial charge >= 0.3 is 0 Å². The smallest absolute Gasteiger partial charge is 0.244 e. The molecule has 1 amide bonds. The van der Waals surface area contributed by atoms with Crippen molar-refractivity contribution >= 4 is 23.2 Å². The molecule has 0 aromatic heterocycles. The van der Waals surface area contributed by atoms with Crippen LogP contribution in [0, 0.1) is 17.2 Å². The second-order valence-corrected chi connectivity index (χ2v) is 6.03. The van der Waals surface area contributed by atoms with Gasteiger partial charge in [-0.05, 0) is 37.0 Å². The van der Waals surface area contributed by atoms with E-state index in [0.29, 0.717) is 35.0 Å². The molecule has 106 valence electrons.